The third-order valence-corrected chi connectivity index (χ3v) is 3.60. The first-order chi connectivity index (χ1) is 12.3. The van der Waals surface area contributed by atoms with E-state index in [0.29, 0.717) is 28.5 Å². The zero-order valence-electron chi connectivity index (χ0n) is 13.0. The van der Waals surface area contributed by atoms with Gasteiger partial charge in [-0.25, -0.2) is 4.79 Å². The molecule has 0 aliphatic carbocycles. The van der Waals surface area contributed by atoms with Gasteiger partial charge in [-0.05, 0) is 12.1 Å². The second-order valence-electron chi connectivity index (χ2n) is 5.26. The van der Waals surface area contributed by atoms with E-state index in [1.54, 1.807) is 24.5 Å². The summed E-state index contributed by atoms with van der Waals surface area (Å²) in [4.78, 5) is 12.3. The van der Waals surface area contributed by atoms with Crippen molar-refractivity contribution in [2.75, 3.05) is 0 Å². The molecule has 3 aromatic heterocycles. The first-order valence-corrected chi connectivity index (χ1v) is 7.56. The molecule has 4 rings (SSSR count). The molecule has 0 spiro atoms. The summed E-state index contributed by atoms with van der Waals surface area (Å²) in [5, 5.41) is 10.6. The molecule has 124 valence electrons. The van der Waals surface area contributed by atoms with Crippen LogP contribution in [0.3, 0.4) is 0 Å². The van der Waals surface area contributed by atoms with Crippen LogP contribution in [0, 0.1) is 0 Å². The molecule has 0 amide bonds. The maximum atomic E-state index is 12.3. The fraction of sp³-hybridized carbons (Fsp3) is 0.0556. The van der Waals surface area contributed by atoms with E-state index in [0.717, 1.165) is 5.56 Å². The van der Waals surface area contributed by atoms with Gasteiger partial charge in [0.15, 0.2) is 5.76 Å². The van der Waals surface area contributed by atoms with Gasteiger partial charge in [0.05, 0.1) is 18.2 Å². The van der Waals surface area contributed by atoms with Crippen molar-refractivity contribution in [2.24, 2.45) is 0 Å². The normalized spacial score (nSPS) is 10.7. The third-order valence-electron chi connectivity index (χ3n) is 3.60. The van der Waals surface area contributed by atoms with Gasteiger partial charge >= 0.3 is 5.97 Å². The second kappa shape index (κ2) is 6.48. The Balaban J connectivity index is 1.46. The Kier molecular flexibility index (Phi) is 3.88. The van der Waals surface area contributed by atoms with E-state index in [1.165, 1.54) is 6.20 Å². The monoisotopic (exact) mass is 335 g/mol. The number of H-pyrrole nitrogens is 1. The van der Waals surface area contributed by atoms with Gasteiger partial charge < -0.3 is 13.7 Å². The summed E-state index contributed by atoms with van der Waals surface area (Å²) in [6.07, 6.45) is 2.99. The smallest absolute Gasteiger partial charge is 0.342 e. The highest BCUT2D eigenvalue weighted by Crippen LogP contribution is 2.23. The number of benzene rings is 1. The van der Waals surface area contributed by atoms with Gasteiger partial charge in [-0.15, -0.1) is 0 Å². The van der Waals surface area contributed by atoms with Crippen molar-refractivity contribution < 1.29 is 18.5 Å². The number of nitrogens with one attached hydrogen (secondary N) is 1. The highest BCUT2D eigenvalue weighted by molar-refractivity contribution is 5.95. The molecular formula is C18H13N3O4. The van der Waals surface area contributed by atoms with E-state index in [2.05, 4.69) is 15.4 Å². The molecule has 0 aliphatic rings. The molecule has 0 fully saturated rings. The number of esters is 1. The molecule has 0 atom stereocenters. The second-order valence-corrected chi connectivity index (χ2v) is 5.26. The number of hydrogen-bond donors (Lipinski definition) is 1. The van der Waals surface area contributed by atoms with Crippen molar-refractivity contribution in [3.05, 3.63) is 72.2 Å². The molecule has 0 unspecified atom stereocenters. The lowest BCUT2D eigenvalue weighted by molar-refractivity contribution is 0.0465. The van der Waals surface area contributed by atoms with Crippen LogP contribution in [0.15, 0.2) is 69.9 Å². The molecule has 0 saturated heterocycles. The van der Waals surface area contributed by atoms with Crippen molar-refractivity contribution >= 4 is 5.97 Å². The molecule has 0 saturated carbocycles. The van der Waals surface area contributed by atoms with Gasteiger partial charge in [-0.1, -0.05) is 35.5 Å². The molecule has 25 heavy (non-hydrogen) atoms. The number of ether oxygens (including phenoxy) is 1. The molecule has 0 bridgehead atoms. The van der Waals surface area contributed by atoms with Gasteiger partial charge in [0.2, 0.25) is 5.76 Å². The van der Waals surface area contributed by atoms with Crippen LogP contribution in [0.25, 0.3) is 22.8 Å². The van der Waals surface area contributed by atoms with E-state index in [9.17, 15) is 4.79 Å². The maximum Gasteiger partial charge on any atom is 0.342 e. The third kappa shape index (κ3) is 3.07. The van der Waals surface area contributed by atoms with E-state index in [1.807, 2.05) is 30.3 Å². The van der Waals surface area contributed by atoms with Crippen LogP contribution in [-0.2, 0) is 11.3 Å². The molecule has 1 N–H and O–H groups in total. The Morgan fingerprint density at radius 1 is 1.12 bits per heavy atom. The Hall–Kier alpha value is -3.61. The zero-order valence-corrected chi connectivity index (χ0v) is 13.0. The van der Waals surface area contributed by atoms with Gasteiger partial charge in [-0.3, -0.25) is 5.10 Å². The average Bonchev–Trinajstić information content (AvgIpc) is 3.41. The SMILES string of the molecule is O=C(OCc1cc(-c2ccco2)on1)c1cn[nH]c1-c1ccccc1. The number of hydrogen-bond acceptors (Lipinski definition) is 6. The highest BCUT2D eigenvalue weighted by atomic mass is 16.5. The van der Waals surface area contributed by atoms with Crippen LogP contribution in [-0.4, -0.2) is 21.3 Å². The number of rotatable bonds is 5. The first kappa shape index (κ1) is 14.9. The summed E-state index contributed by atoms with van der Waals surface area (Å²) >= 11 is 0. The summed E-state index contributed by atoms with van der Waals surface area (Å²) < 4.78 is 15.7. The predicted molar refractivity (Wildman–Crippen MR) is 87.3 cm³/mol. The summed E-state index contributed by atoms with van der Waals surface area (Å²) in [5.41, 5.74) is 2.32. The van der Waals surface area contributed by atoms with Gasteiger partial charge in [0.1, 0.15) is 17.9 Å². The lowest BCUT2D eigenvalue weighted by atomic mass is 10.1. The van der Waals surface area contributed by atoms with Crippen LogP contribution >= 0.6 is 0 Å². The maximum absolute atomic E-state index is 12.3. The topological polar surface area (TPSA) is 94.2 Å². The molecule has 1 aromatic carbocycles. The van der Waals surface area contributed by atoms with E-state index in [4.69, 9.17) is 13.7 Å². The number of furan rings is 1. The summed E-state index contributed by atoms with van der Waals surface area (Å²) in [5.74, 6) is 0.547. The Labute approximate surface area is 142 Å². The Morgan fingerprint density at radius 2 is 2.00 bits per heavy atom. The van der Waals surface area contributed by atoms with Crippen LogP contribution in [0.4, 0.5) is 0 Å². The minimum absolute atomic E-state index is 0.0115. The first-order valence-electron chi connectivity index (χ1n) is 7.56. The van der Waals surface area contributed by atoms with Crippen molar-refractivity contribution in [3.63, 3.8) is 0 Å². The summed E-state index contributed by atoms with van der Waals surface area (Å²) in [6.45, 7) is -0.0115. The lowest BCUT2D eigenvalue weighted by Crippen LogP contribution is -2.06. The van der Waals surface area contributed by atoms with Gasteiger partial charge in [0, 0.05) is 11.6 Å². The number of aromatic amines is 1. The van der Waals surface area contributed by atoms with E-state index < -0.39 is 5.97 Å². The van der Waals surface area contributed by atoms with Gasteiger partial charge in [-0.2, -0.15) is 5.10 Å². The van der Waals surface area contributed by atoms with Crippen molar-refractivity contribution in [1.29, 1.82) is 0 Å². The molecule has 0 radical (unpaired) electrons. The molecular weight excluding hydrogens is 322 g/mol. The lowest BCUT2D eigenvalue weighted by Gasteiger charge is -2.03. The minimum atomic E-state index is -0.491. The number of carbonyl (C=O) groups is 1. The van der Waals surface area contributed by atoms with Crippen molar-refractivity contribution in [3.8, 4) is 22.8 Å². The predicted octanol–water partition coefficient (Wildman–Crippen LogP) is 3.68. The molecule has 3 heterocycles. The van der Waals surface area contributed by atoms with Crippen LogP contribution < -0.4 is 0 Å². The highest BCUT2D eigenvalue weighted by Gasteiger charge is 2.18. The fourth-order valence-corrected chi connectivity index (χ4v) is 2.40. The van der Waals surface area contributed by atoms with Crippen molar-refractivity contribution in [1.82, 2.24) is 15.4 Å². The van der Waals surface area contributed by atoms with Crippen molar-refractivity contribution in [2.45, 2.75) is 6.61 Å². The standard InChI is InChI=1S/C18H13N3O4/c22-18(14-10-19-20-17(14)12-5-2-1-3-6-12)24-11-13-9-16(25-21-13)15-7-4-8-23-15/h1-10H,11H2,(H,19,20). The zero-order chi connectivity index (χ0) is 17.1. The van der Waals surface area contributed by atoms with Gasteiger partial charge in [0.25, 0.3) is 0 Å². The largest absolute Gasteiger partial charge is 0.461 e. The average molecular weight is 335 g/mol. The molecule has 7 heteroatoms. The number of carbonyl (C=O) groups excluding carboxylic acids is 1. The van der Waals surface area contributed by atoms with Crippen LogP contribution in [0.5, 0.6) is 0 Å². The molecule has 0 aliphatic heterocycles. The van der Waals surface area contributed by atoms with E-state index in [-0.39, 0.29) is 6.61 Å². The minimum Gasteiger partial charge on any atom is -0.461 e. The summed E-state index contributed by atoms with van der Waals surface area (Å²) in [6, 6.07) is 14.6. The number of nitrogens with zero attached hydrogens (tertiary/aromatic N) is 2. The fourth-order valence-electron chi connectivity index (χ4n) is 2.40. The van der Waals surface area contributed by atoms with Crippen LogP contribution in [0.1, 0.15) is 16.1 Å². The Bertz CT molecular complexity index is 971. The molecule has 4 aromatic rings. The van der Waals surface area contributed by atoms with E-state index >= 15 is 0 Å². The summed E-state index contributed by atoms with van der Waals surface area (Å²) in [7, 11) is 0. The quantitative estimate of drug-likeness (QED) is 0.559. The number of aromatic nitrogens is 3. The van der Waals surface area contributed by atoms with Crippen LogP contribution in [0.2, 0.25) is 0 Å². The molecule has 7 nitrogen and oxygen atoms in total. The Morgan fingerprint density at radius 3 is 2.80 bits per heavy atom.